The van der Waals surface area contributed by atoms with Gasteiger partial charge in [0.15, 0.2) is 0 Å². The molecular formula is C9H10BrClN4O2S. The number of carboxylic acid groups (broad SMARTS) is 1. The lowest BCUT2D eigenvalue weighted by atomic mass is 10.2. The summed E-state index contributed by atoms with van der Waals surface area (Å²) in [6.45, 7) is 0.786. The van der Waals surface area contributed by atoms with Gasteiger partial charge in [-0.3, -0.25) is 4.79 Å². The number of nitrogens with zero attached hydrogens (tertiary/aromatic N) is 3. The lowest BCUT2D eigenvalue weighted by molar-refractivity contribution is -0.139. The number of halogens is 2. The largest absolute Gasteiger partial charge is 0.480 e. The van der Waals surface area contributed by atoms with Gasteiger partial charge in [0, 0.05) is 20.8 Å². The highest BCUT2D eigenvalue weighted by Gasteiger charge is 2.22. The summed E-state index contributed by atoms with van der Waals surface area (Å²) in [5.41, 5.74) is 8.10. The molecule has 0 aromatic carbocycles. The van der Waals surface area contributed by atoms with Crippen LogP contribution in [-0.4, -0.2) is 24.2 Å². The molecule has 0 aliphatic heterocycles. The minimum Gasteiger partial charge on any atom is -0.480 e. The predicted molar refractivity (Wildman–Crippen MR) is 74.0 cm³/mol. The topological polar surface area (TPSA) is 98.1 Å². The Bertz CT molecular complexity index is 456. The highest BCUT2D eigenvalue weighted by Crippen LogP contribution is 2.35. The number of carbonyl (C=O) groups is 1. The first-order chi connectivity index (χ1) is 8.56. The van der Waals surface area contributed by atoms with Gasteiger partial charge in [-0.1, -0.05) is 16.7 Å². The molecule has 1 aromatic rings. The highest BCUT2D eigenvalue weighted by atomic mass is 79.9. The normalized spacial score (nSPS) is 11.9. The molecule has 0 saturated heterocycles. The Labute approximate surface area is 121 Å². The van der Waals surface area contributed by atoms with Crippen molar-refractivity contribution < 1.29 is 9.90 Å². The van der Waals surface area contributed by atoms with Crippen LogP contribution in [0.1, 0.15) is 17.3 Å². The van der Waals surface area contributed by atoms with E-state index in [2.05, 4.69) is 31.3 Å². The van der Waals surface area contributed by atoms with Crippen molar-refractivity contribution in [2.45, 2.75) is 12.5 Å². The lowest BCUT2D eigenvalue weighted by Gasteiger charge is -2.11. The van der Waals surface area contributed by atoms with Crippen molar-refractivity contribution in [1.82, 2.24) is 5.32 Å². The summed E-state index contributed by atoms with van der Waals surface area (Å²) in [5, 5.41) is 15.4. The van der Waals surface area contributed by atoms with Gasteiger partial charge in [-0.05, 0) is 40.5 Å². The lowest BCUT2D eigenvalue weighted by Crippen LogP contribution is -2.28. The van der Waals surface area contributed by atoms with E-state index < -0.39 is 12.0 Å². The summed E-state index contributed by atoms with van der Waals surface area (Å²) in [7, 11) is 0. The zero-order valence-electron chi connectivity index (χ0n) is 9.14. The van der Waals surface area contributed by atoms with Crippen LogP contribution in [0.15, 0.2) is 15.7 Å². The maximum Gasteiger partial charge on any atom is 0.326 e. The molecule has 1 rings (SSSR count). The van der Waals surface area contributed by atoms with Gasteiger partial charge in [0.05, 0.1) is 0 Å². The maximum atomic E-state index is 11.1. The summed E-state index contributed by atoms with van der Waals surface area (Å²) in [6, 6.07) is 0.886. The summed E-state index contributed by atoms with van der Waals surface area (Å²) in [5.74, 6) is -0.968. The first-order valence-corrected chi connectivity index (χ1v) is 6.96. The third-order valence-electron chi connectivity index (χ3n) is 2.04. The zero-order chi connectivity index (χ0) is 13.5. The van der Waals surface area contributed by atoms with E-state index in [1.54, 1.807) is 6.07 Å². The van der Waals surface area contributed by atoms with Crippen molar-refractivity contribution in [3.63, 3.8) is 0 Å². The zero-order valence-corrected chi connectivity index (χ0v) is 12.3. The van der Waals surface area contributed by atoms with Gasteiger partial charge in [0.25, 0.3) is 0 Å². The number of hydrogen-bond acceptors (Lipinski definition) is 4. The molecule has 0 saturated carbocycles. The van der Waals surface area contributed by atoms with Crippen molar-refractivity contribution in [1.29, 1.82) is 0 Å². The Morgan fingerprint density at radius 2 is 2.50 bits per heavy atom. The summed E-state index contributed by atoms with van der Waals surface area (Å²) in [6.07, 6.45) is 0.577. The van der Waals surface area contributed by atoms with E-state index in [0.717, 1.165) is 0 Å². The summed E-state index contributed by atoms with van der Waals surface area (Å²) in [4.78, 5) is 14.4. The number of thiophene rings is 1. The summed E-state index contributed by atoms with van der Waals surface area (Å²) < 4.78 is 1.21. The molecule has 0 aliphatic rings. The molecule has 0 fully saturated rings. The van der Waals surface area contributed by atoms with Crippen molar-refractivity contribution in [3.8, 4) is 0 Å². The van der Waals surface area contributed by atoms with E-state index in [-0.39, 0.29) is 0 Å². The molecule has 1 atom stereocenters. The molecule has 1 heterocycles. The van der Waals surface area contributed by atoms with E-state index in [1.807, 2.05) is 0 Å². The molecular weight excluding hydrogens is 344 g/mol. The molecule has 0 bridgehead atoms. The second-order valence-corrected chi connectivity index (χ2v) is 5.84. The quantitative estimate of drug-likeness (QED) is 0.339. The van der Waals surface area contributed by atoms with Crippen LogP contribution in [0.2, 0.25) is 4.34 Å². The molecule has 0 aliphatic carbocycles. The third kappa shape index (κ3) is 4.47. The van der Waals surface area contributed by atoms with Crippen LogP contribution in [0.4, 0.5) is 0 Å². The van der Waals surface area contributed by atoms with E-state index in [1.165, 1.54) is 11.3 Å². The molecule has 9 heteroatoms. The van der Waals surface area contributed by atoms with E-state index in [0.29, 0.717) is 33.2 Å². The number of azide groups is 1. The van der Waals surface area contributed by atoms with Crippen molar-refractivity contribution in [2.24, 2.45) is 5.11 Å². The number of hydrogen-bond donors (Lipinski definition) is 2. The van der Waals surface area contributed by atoms with Crippen molar-refractivity contribution in [2.75, 3.05) is 13.1 Å². The SMILES string of the molecule is [N-]=[N+]=NCCCNC(C(=O)O)c1cc(Br)c(Cl)s1. The molecule has 1 aromatic heterocycles. The van der Waals surface area contributed by atoms with Gasteiger partial charge in [0.2, 0.25) is 0 Å². The van der Waals surface area contributed by atoms with Gasteiger partial charge in [-0.2, -0.15) is 0 Å². The van der Waals surface area contributed by atoms with Crippen LogP contribution in [0.25, 0.3) is 10.4 Å². The average molecular weight is 354 g/mol. The van der Waals surface area contributed by atoms with Crippen LogP contribution >= 0.6 is 38.9 Å². The monoisotopic (exact) mass is 352 g/mol. The molecule has 2 N–H and O–H groups in total. The van der Waals surface area contributed by atoms with Crippen molar-refractivity contribution >= 4 is 44.8 Å². The van der Waals surface area contributed by atoms with E-state index in [4.69, 9.17) is 22.2 Å². The Kier molecular flexibility index (Phi) is 6.45. The fourth-order valence-corrected chi connectivity index (χ4v) is 3.06. The smallest absolute Gasteiger partial charge is 0.326 e. The van der Waals surface area contributed by atoms with Gasteiger partial charge in [-0.25, -0.2) is 0 Å². The standard InChI is InChI=1S/C9H10BrClN4O2S/c10-5-4-6(18-8(5)11)7(9(16)17)13-2-1-3-14-15-12/h4,7,13H,1-3H2,(H,16,17). The van der Waals surface area contributed by atoms with Crippen molar-refractivity contribution in [3.05, 3.63) is 30.2 Å². The van der Waals surface area contributed by atoms with Gasteiger partial charge >= 0.3 is 5.97 Å². The van der Waals surface area contributed by atoms with Gasteiger partial charge < -0.3 is 10.4 Å². The molecule has 18 heavy (non-hydrogen) atoms. The highest BCUT2D eigenvalue weighted by molar-refractivity contribution is 9.10. The molecule has 6 nitrogen and oxygen atoms in total. The first kappa shape index (κ1) is 15.3. The fourth-order valence-electron chi connectivity index (χ4n) is 1.26. The maximum absolute atomic E-state index is 11.1. The Morgan fingerprint density at radius 1 is 1.78 bits per heavy atom. The van der Waals surface area contributed by atoms with Crippen LogP contribution < -0.4 is 5.32 Å². The molecule has 0 radical (unpaired) electrons. The summed E-state index contributed by atoms with van der Waals surface area (Å²) >= 11 is 10.3. The van der Waals surface area contributed by atoms with Gasteiger partial charge in [-0.15, -0.1) is 11.3 Å². The number of nitrogens with one attached hydrogen (secondary N) is 1. The minimum atomic E-state index is -0.968. The molecule has 0 amide bonds. The molecule has 1 unspecified atom stereocenters. The number of rotatable bonds is 7. The molecule has 0 spiro atoms. The average Bonchev–Trinajstić information content (AvgIpc) is 2.63. The number of aliphatic carboxylic acids is 1. The third-order valence-corrected chi connectivity index (χ3v) is 4.58. The second-order valence-electron chi connectivity index (χ2n) is 3.30. The van der Waals surface area contributed by atoms with Crippen LogP contribution in [0.3, 0.4) is 0 Å². The molecule has 98 valence electrons. The second kappa shape index (κ2) is 7.60. The van der Waals surface area contributed by atoms with Crippen LogP contribution in [-0.2, 0) is 4.79 Å². The van der Waals surface area contributed by atoms with Gasteiger partial charge in [0.1, 0.15) is 10.4 Å². The van der Waals surface area contributed by atoms with E-state index >= 15 is 0 Å². The predicted octanol–water partition coefficient (Wildman–Crippen LogP) is 3.58. The Hall–Kier alpha value is -0.790. The Morgan fingerprint density at radius 3 is 3.00 bits per heavy atom. The first-order valence-electron chi connectivity index (χ1n) is 4.98. The van der Waals surface area contributed by atoms with Crippen LogP contribution in [0.5, 0.6) is 0 Å². The fraction of sp³-hybridized carbons (Fsp3) is 0.444. The Balaban J connectivity index is 2.60. The minimum absolute atomic E-state index is 0.338. The number of carboxylic acids is 1. The van der Waals surface area contributed by atoms with Crippen LogP contribution in [0, 0.1) is 0 Å². The van der Waals surface area contributed by atoms with E-state index in [9.17, 15) is 4.79 Å².